The standard InChI is InChI=1S/C26H36N6O3/c1-19(16-30(2)3)35-26-21(15-27)25(31-13-10-28-11-14-31)20-9-12-32(17-22(20)29-26)23-7-5-6-8-24(23)34-18-33-4/h5-8,19,28H,9-14,16-18H2,1-4H3. The van der Waals surface area contributed by atoms with Crippen molar-refractivity contribution < 1.29 is 14.2 Å². The molecule has 4 rings (SSSR count). The molecule has 1 unspecified atom stereocenters. The van der Waals surface area contributed by atoms with E-state index in [-0.39, 0.29) is 12.9 Å². The highest BCUT2D eigenvalue weighted by Gasteiger charge is 2.30. The van der Waals surface area contributed by atoms with Gasteiger partial charge >= 0.3 is 0 Å². The molecule has 1 N–H and O–H groups in total. The zero-order chi connectivity index (χ0) is 24.8. The van der Waals surface area contributed by atoms with Crippen LogP contribution in [0.15, 0.2) is 24.3 Å². The number of nitriles is 1. The van der Waals surface area contributed by atoms with Crippen molar-refractivity contribution in [2.24, 2.45) is 0 Å². The number of rotatable bonds is 9. The number of nitrogens with one attached hydrogen (secondary N) is 1. The summed E-state index contributed by atoms with van der Waals surface area (Å²) in [6.45, 7) is 7.88. The summed E-state index contributed by atoms with van der Waals surface area (Å²) in [5.74, 6) is 1.21. The Kier molecular flexibility index (Phi) is 8.29. The topological polar surface area (TPSA) is 86.1 Å². The van der Waals surface area contributed by atoms with Gasteiger partial charge in [-0.25, -0.2) is 4.98 Å². The fourth-order valence-corrected chi connectivity index (χ4v) is 4.87. The molecule has 1 saturated heterocycles. The van der Waals surface area contributed by atoms with Gasteiger partial charge in [0, 0.05) is 51.9 Å². The van der Waals surface area contributed by atoms with E-state index in [4.69, 9.17) is 19.2 Å². The highest BCUT2D eigenvalue weighted by Crippen LogP contribution is 2.39. The molecule has 2 aliphatic rings. The van der Waals surface area contributed by atoms with Gasteiger partial charge in [0.1, 0.15) is 23.5 Å². The lowest BCUT2D eigenvalue weighted by molar-refractivity contribution is 0.0514. The largest absolute Gasteiger partial charge is 0.472 e. The smallest absolute Gasteiger partial charge is 0.234 e. The SMILES string of the molecule is COCOc1ccccc1N1CCc2c(nc(OC(C)CN(C)C)c(C#N)c2N2CCNCC2)C1. The van der Waals surface area contributed by atoms with Crippen LogP contribution < -0.4 is 24.6 Å². The average molecular weight is 481 g/mol. The number of hydrogen-bond donors (Lipinski definition) is 1. The van der Waals surface area contributed by atoms with Gasteiger partial charge in [0.2, 0.25) is 5.88 Å². The van der Waals surface area contributed by atoms with E-state index in [0.717, 1.165) is 74.1 Å². The van der Waals surface area contributed by atoms with Gasteiger partial charge < -0.3 is 34.2 Å². The number of anilines is 2. The Morgan fingerprint density at radius 1 is 1.17 bits per heavy atom. The summed E-state index contributed by atoms with van der Waals surface area (Å²) in [7, 11) is 5.64. The van der Waals surface area contributed by atoms with Gasteiger partial charge in [-0.05, 0) is 39.6 Å². The minimum absolute atomic E-state index is 0.0959. The van der Waals surface area contributed by atoms with Gasteiger partial charge in [-0.3, -0.25) is 0 Å². The van der Waals surface area contributed by atoms with Crippen molar-refractivity contribution in [3.63, 3.8) is 0 Å². The molecule has 1 aromatic carbocycles. The van der Waals surface area contributed by atoms with Crippen LogP contribution in [0.5, 0.6) is 11.6 Å². The molecule has 2 aromatic rings. The predicted octanol–water partition coefficient (Wildman–Crippen LogP) is 2.24. The number of nitrogens with zero attached hydrogens (tertiary/aromatic N) is 5. The number of methoxy groups -OCH3 is 1. The third kappa shape index (κ3) is 5.78. The molecule has 0 amide bonds. The number of ether oxygens (including phenoxy) is 3. The maximum atomic E-state index is 10.2. The summed E-state index contributed by atoms with van der Waals surface area (Å²) in [5, 5.41) is 13.6. The summed E-state index contributed by atoms with van der Waals surface area (Å²) >= 11 is 0. The van der Waals surface area contributed by atoms with Gasteiger partial charge in [-0.15, -0.1) is 0 Å². The fourth-order valence-electron chi connectivity index (χ4n) is 4.87. The molecule has 2 aliphatic heterocycles. The van der Waals surface area contributed by atoms with Gasteiger partial charge in [0.15, 0.2) is 6.79 Å². The first-order valence-electron chi connectivity index (χ1n) is 12.2. The molecule has 0 aliphatic carbocycles. The second kappa shape index (κ2) is 11.6. The van der Waals surface area contributed by atoms with Crippen molar-refractivity contribution in [1.29, 1.82) is 5.26 Å². The van der Waals surface area contributed by atoms with E-state index in [0.29, 0.717) is 18.0 Å². The normalized spacial score (nSPS) is 16.6. The van der Waals surface area contributed by atoms with Crippen molar-refractivity contribution in [2.75, 3.05) is 77.1 Å². The Hall–Kier alpha value is -3.06. The van der Waals surface area contributed by atoms with Crippen molar-refractivity contribution in [3.8, 4) is 17.7 Å². The maximum Gasteiger partial charge on any atom is 0.234 e. The Balaban J connectivity index is 1.73. The minimum Gasteiger partial charge on any atom is -0.472 e. The van der Waals surface area contributed by atoms with Crippen LogP contribution in [0.4, 0.5) is 11.4 Å². The van der Waals surface area contributed by atoms with Crippen LogP contribution in [0.1, 0.15) is 23.7 Å². The summed E-state index contributed by atoms with van der Waals surface area (Å²) in [5.41, 5.74) is 4.66. The van der Waals surface area contributed by atoms with Crippen LogP contribution in [0, 0.1) is 11.3 Å². The fraction of sp³-hybridized carbons (Fsp3) is 0.538. The van der Waals surface area contributed by atoms with Crippen molar-refractivity contribution in [1.82, 2.24) is 15.2 Å². The average Bonchev–Trinajstić information content (AvgIpc) is 2.86. The quantitative estimate of drug-likeness (QED) is 0.543. The number of aromatic nitrogens is 1. The molecule has 0 radical (unpaired) electrons. The second-order valence-corrected chi connectivity index (χ2v) is 9.30. The molecule has 0 spiro atoms. The Labute approximate surface area is 208 Å². The van der Waals surface area contributed by atoms with E-state index >= 15 is 0 Å². The zero-order valence-electron chi connectivity index (χ0n) is 21.2. The molecule has 1 aromatic heterocycles. The molecule has 0 bridgehead atoms. The summed E-state index contributed by atoms with van der Waals surface area (Å²) in [4.78, 5) is 11.6. The number of fused-ring (bicyclic) bond motifs is 1. The van der Waals surface area contributed by atoms with Crippen molar-refractivity contribution >= 4 is 11.4 Å². The monoisotopic (exact) mass is 480 g/mol. The summed E-state index contributed by atoms with van der Waals surface area (Å²) < 4.78 is 17.2. The molecule has 35 heavy (non-hydrogen) atoms. The van der Waals surface area contributed by atoms with Crippen LogP contribution in [-0.2, 0) is 17.7 Å². The lowest BCUT2D eigenvalue weighted by atomic mass is 9.97. The van der Waals surface area contributed by atoms with Gasteiger partial charge in [-0.2, -0.15) is 5.26 Å². The number of piperazine rings is 1. The maximum absolute atomic E-state index is 10.2. The molecule has 3 heterocycles. The Morgan fingerprint density at radius 3 is 2.66 bits per heavy atom. The van der Waals surface area contributed by atoms with Gasteiger partial charge in [-0.1, -0.05) is 12.1 Å². The van der Waals surface area contributed by atoms with Crippen LogP contribution in [0.2, 0.25) is 0 Å². The second-order valence-electron chi connectivity index (χ2n) is 9.30. The third-order valence-electron chi connectivity index (χ3n) is 6.31. The first kappa shape index (κ1) is 25.0. The van der Waals surface area contributed by atoms with Crippen LogP contribution >= 0.6 is 0 Å². The molecule has 1 atom stereocenters. The number of likely N-dealkylation sites (N-methyl/N-ethyl adjacent to an activating group) is 1. The minimum atomic E-state index is -0.0959. The highest BCUT2D eigenvalue weighted by molar-refractivity contribution is 5.71. The molecule has 0 saturated carbocycles. The van der Waals surface area contributed by atoms with Gasteiger partial charge in [0.05, 0.1) is 23.6 Å². The number of para-hydroxylation sites is 2. The van der Waals surface area contributed by atoms with E-state index in [9.17, 15) is 5.26 Å². The van der Waals surface area contributed by atoms with Crippen LogP contribution in [0.3, 0.4) is 0 Å². The lowest BCUT2D eigenvalue weighted by Crippen LogP contribution is -2.45. The molecule has 1 fully saturated rings. The zero-order valence-corrected chi connectivity index (χ0v) is 21.2. The molecule has 9 heteroatoms. The number of pyridine rings is 1. The van der Waals surface area contributed by atoms with Crippen LogP contribution in [-0.4, -0.2) is 83.3 Å². The Morgan fingerprint density at radius 2 is 1.94 bits per heavy atom. The van der Waals surface area contributed by atoms with Gasteiger partial charge in [0.25, 0.3) is 0 Å². The molecular formula is C26H36N6O3. The highest BCUT2D eigenvalue weighted by atomic mass is 16.7. The molecular weight excluding hydrogens is 444 g/mol. The molecule has 9 nitrogen and oxygen atoms in total. The van der Waals surface area contributed by atoms with E-state index < -0.39 is 0 Å². The first-order chi connectivity index (χ1) is 17.0. The van der Waals surface area contributed by atoms with Crippen LogP contribution in [0.25, 0.3) is 0 Å². The third-order valence-corrected chi connectivity index (χ3v) is 6.31. The van der Waals surface area contributed by atoms with E-state index in [2.05, 4.69) is 32.2 Å². The summed E-state index contributed by atoms with van der Waals surface area (Å²) in [6, 6.07) is 10.4. The lowest BCUT2D eigenvalue weighted by Gasteiger charge is -2.37. The van der Waals surface area contributed by atoms with E-state index in [1.807, 2.05) is 39.2 Å². The Bertz CT molecular complexity index is 1050. The molecule has 188 valence electrons. The van der Waals surface area contributed by atoms with Crippen molar-refractivity contribution in [2.45, 2.75) is 26.0 Å². The summed E-state index contributed by atoms with van der Waals surface area (Å²) in [6.07, 6.45) is 0.698. The predicted molar refractivity (Wildman–Crippen MR) is 136 cm³/mol. The number of hydrogen-bond acceptors (Lipinski definition) is 9. The number of benzene rings is 1. The first-order valence-corrected chi connectivity index (χ1v) is 12.2. The van der Waals surface area contributed by atoms with E-state index in [1.54, 1.807) is 7.11 Å². The van der Waals surface area contributed by atoms with Crippen molar-refractivity contribution in [3.05, 3.63) is 41.1 Å². The van der Waals surface area contributed by atoms with E-state index in [1.165, 1.54) is 0 Å².